The highest BCUT2D eigenvalue weighted by molar-refractivity contribution is 5.95. The predicted molar refractivity (Wildman–Crippen MR) is 68.2 cm³/mol. The lowest BCUT2D eigenvalue weighted by Gasteiger charge is -2.13. The summed E-state index contributed by atoms with van der Waals surface area (Å²) in [6.07, 6.45) is 4.58. The summed E-state index contributed by atoms with van der Waals surface area (Å²) in [7, 11) is 0. The molecule has 18 heavy (non-hydrogen) atoms. The second-order valence-corrected chi connectivity index (χ2v) is 4.17. The van der Waals surface area contributed by atoms with E-state index < -0.39 is 6.04 Å². The topological polar surface area (TPSA) is 71.3 Å². The highest BCUT2D eigenvalue weighted by atomic mass is 16.3. The van der Waals surface area contributed by atoms with Crippen molar-refractivity contribution in [3.05, 3.63) is 24.2 Å². The van der Waals surface area contributed by atoms with Crippen molar-refractivity contribution in [3.8, 4) is 0 Å². The number of hydrogen-bond donors (Lipinski definition) is 2. The first-order valence-electron chi connectivity index (χ1n) is 6.27. The minimum Gasteiger partial charge on any atom is -0.459 e. The summed E-state index contributed by atoms with van der Waals surface area (Å²) < 4.78 is 4.95. The van der Waals surface area contributed by atoms with Crippen LogP contribution in [0.1, 0.15) is 43.7 Å². The second-order valence-electron chi connectivity index (χ2n) is 4.17. The molecule has 5 nitrogen and oxygen atoms in total. The third-order valence-electron chi connectivity index (χ3n) is 2.57. The third kappa shape index (κ3) is 4.61. The Bertz CT molecular complexity index is 374. The minimum atomic E-state index is -0.566. The van der Waals surface area contributed by atoms with E-state index in [2.05, 4.69) is 17.6 Å². The first-order chi connectivity index (χ1) is 8.65. The third-order valence-corrected chi connectivity index (χ3v) is 2.57. The van der Waals surface area contributed by atoms with E-state index in [9.17, 15) is 9.59 Å². The standard InChI is InChI=1S/C13H20N2O3/c1-3-4-5-8-14-12(16)10(2)15-13(17)11-7-6-9-18-11/h6-7,9-10H,3-5,8H2,1-2H3,(H,14,16)(H,15,17)/t10-/m0/s1. The van der Waals surface area contributed by atoms with Crippen molar-refractivity contribution < 1.29 is 14.0 Å². The van der Waals surface area contributed by atoms with Crippen LogP contribution >= 0.6 is 0 Å². The molecule has 5 heteroatoms. The summed E-state index contributed by atoms with van der Waals surface area (Å²) in [6, 6.07) is 2.62. The zero-order chi connectivity index (χ0) is 13.4. The van der Waals surface area contributed by atoms with Crippen LogP contribution in [0.4, 0.5) is 0 Å². The molecule has 0 saturated carbocycles. The molecule has 0 aliphatic heterocycles. The Morgan fingerprint density at radius 2 is 2.17 bits per heavy atom. The molecule has 0 aliphatic rings. The molecule has 1 aromatic heterocycles. The number of hydrogen-bond acceptors (Lipinski definition) is 3. The first kappa shape index (κ1) is 14.3. The van der Waals surface area contributed by atoms with Crippen molar-refractivity contribution in [2.45, 2.75) is 39.2 Å². The van der Waals surface area contributed by atoms with Crippen LogP contribution in [-0.2, 0) is 4.79 Å². The lowest BCUT2D eigenvalue weighted by atomic mass is 10.2. The van der Waals surface area contributed by atoms with Gasteiger partial charge in [-0.3, -0.25) is 9.59 Å². The lowest BCUT2D eigenvalue weighted by molar-refractivity contribution is -0.122. The van der Waals surface area contributed by atoms with Gasteiger partial charge in [0.2, 0.25) is 5.91 Å². The summed E-state index contributed by atoms with van der Waals surface area (Å²) in [5.74, 6) is -0.345. The van der Waals surface area contributed by atoms with Crippen LogP contribution < -0.4 is 10.6 Å². The molecule has 0 aliphatic carbocycles. The fourth-order valence-electron chi connectivity index (χ4n) is 1.48. The van der Waals surface area contributed by atoms with Crippen molar-refractivity contribution >= 4 is 11.8 Å². The Labute approximate surface area is 107 Å². The van der Waals surface area contributed by atoms with E-state index in [0.717, 1.165) is 19.3 Å². The van der Waals surface area contributed by atoms with Crippen molar-refractivity contribution in [3.63, 3.8) is 0 Å². The van der Waals surface area contributed by atoms with E-state index in [1.807, 2.05) is 0 Å². The fourth-order valence-corrected chi connectivity index (χ4v) is 1.48. The maximum Gasteiger partial charge on any atom is 0.287 e. The van der Waals surface area contributed by atoms with Crippen LogP contribution in [-0.4, -0.2) is 24.4 Å². The molecule has 0 radical (unpaired) electrons. The number of unbranched alkanes of at least 4 members (excludes halogenated alkanes) is 2. The molecule has 0 spiro atoms. The number of furan rings is 1. The normalized spacial score (nSPS) is 11.9. The average molecular weight is 252 g/mol. The van der Waals surface area contributed by atoms with Crippen LogP contribution in [0.5, 0.6) is 0 Å². The number of rotatable bonds is 7. The predicted octanol–water partition coefficient (Wildman–Crippen LogP) is 1.70. The Kier molecular flexibility index (Phi) is 5.97. The Hall–Kier alpha value is -1.78. The van der Waals surface area contributed by atoms with E-state index in [1.54, 1.807) is 19.1 Å². The van der Waals surface area contributed by atoms with Gasteiger partial charge in [-0.25, -0.2) is 0 Å². The van der Waals surface area contributed by atoms with Crippen LogP contribution in [0.3, 0.4) is 0 Å². The highest BCUT2D eigenvalue weighted by Gasteiger charge is 2.17. The molecule has 1 rings (SSSR count). The van der Waals surface area contributed by atoms with Gasteiger partial charge in [-0.05, 0) is 25.5 Å². The molecular weight excluding hydrogens is 232 g/mol. The van der Waals surface area contributed by atoms with Crippen molar-refractivity contribution in [2.75, 3.05) is 6.54 Å². The van der Waals surface area contributed by atoms with Gasteiger partial charge >= 0.3 is 0 Å². The molecule has 0 saturated heterocycles. The minimum absolute atomic E-state index is 0.175. The quantitative estimate of drug-likeness (QED) is 0.726. The summed E-state index contributed by atoms with van der Waals surface area (Å²) >= 11 is 0. The van der Waals surface area contributed by atoms with Crippen LogP contribution in [0.15, 0.2) is 22.8 Å². The van der Waals surface area contributed by atoms with Crippen LogP contribution in [0, 0.1) is 0 Å². The van der Waals surface area contributed by atoms with Crippen molar-refractivity contribution in [1.29, 1.82) is 0 Å². The van der Waals surface area contributed by atoms with Gasteiger partial charge in [0.15, 0.2) is 5.76 Å². The molecule has 100 valence electrons. The van der Waals surface area contributed by atoms with Gasteiger partial charge < -0.3 is 15.1 Å². The van der Waals surface area contributed by atoms with Gasteiger partial charge in [0.1, 0.15) is 6.04 Å². The Morgan fingerprint density at radius 1 is 1.39 bits per heavy atom. The van der Waals surface area contributed by atoms with Gasteiger partial charge in [-0.2, -0.15) is 0 Å². The largest absolute Gasteiger partial charge is 0.459 e. The summed E-state index contributed by atoms with van der Waals surface area (Å²) in [5.41, 5.74) is 0. The van der Waals surface area contributed by atoms with Gasteiger partial charge in [0.25, 0.3) is 5.91 Å². The zero-order valence-electron chi connectivity index (χ0n) is 10.9. The second kappa shape index (κ2) is 7.53. The van der Waals surface area contributed by atoms with E-state index in [4.69, 9.17) is 4.42 Å². The first-order valence-corrected chi connectivity index (χ1v) is 6.27. The fraction of sp³-hybridized carbons (Fsp3) is 0.538. The molecule has 0 aromatic carbocycles. The van der Waals surface area contributed by atoms with Gasteiger partial charge in [0.05, 0.1) is 6.26 Å². The summed E-state index contributed by atoms with van der Waals surface area (Å²) in [5, 5.41) is 5.36. The van der Waals surface area contributed by atoms with E-state index >= 15 is 0 Å². The molecule has 0 fully saturated rings. The number of amides is 2. The summed E-state index contributed by atoms with van der Waals surface area (Å²) in [4.78, 5) is 23.3. The molecule has 1 atom stereocenters. The van der Waals surface area contributed by atoms with Crippen LogP contribution in [0.2, 0.25) is 0 Å². The van der Waals surface area contributed by atoms with Crippen molar-refractivity contribution in [2.24, 2.45) is 0 Å². The molecule has 1 heterocycles. The van der Waals surface area contributed by atoms with E-state index in [0.29, 0.717) is 6.54 Å². The maximum absolute atomic E-state index is 11.7. The van der Waals surface area contributed by atoms with E-state index in [-0.39, 0.29) is 17.6 Å². The monoisotopic (exact) mass is 252 g/mol. The Morgan fingerprint density at radius 3 is 2.78 bits per heavy atom. The number of nitrogens with one attached hydrogen (secondary N) is 2. The van der Waals surface area contributed by atoms with Crippen molar-refractivity contribution in [1.82, 2.24) is 10.6 Å². The lowest BCUT2D eigenvalue weighted by Crippen LogP contribution is -2.44. The zero-order valence-corrected chi connectivity index (χ0v) is 10.9. The number of carbonyl (C=O) groups excluding carboxylic acids is 2. The molecular formula is C13H20N2O3. The molecule has 1 aromatic rings. The van der Waals surface area contributed by atoms with Gasteiger partial charge in [-0.15, -0.1) is 0 Å². The van der Waals surface area contributed by atoms with Crippen LogP contribution in [0.25, 0.3) is 0 Å². The van der Waals surface area contributed by atoms with Gasteiger partial charge in [0, 0.05) is 6.54 Å². The SMILES string of the molecule is CCCCCNC(=O)[C@H](C)NC(=O)c1ccco1. The molecule has 0 bridgehead atoms. The average Bonchev–Trinajstić information content (AvgIpc) is 2.88. The summed E-state index contributed by atoms with van der Waals surface area (Å²) in [6.45, 7) is 4.40. The highest BCUT2D eigenvalue weighted by Crippen LogP contribution is 2.00. The Balaban J connectivity index is 2.29. The molecule has 0 unspecified atom stereocenters. The molecule has 2 N–H and O–H groups in total. The maximum atomic E-state index is 11.7. The number of carbonyl (C=O) groups is 2. The van der Waals surface area contributed by atoms with E-state index in [1.165, 1.54) is 6.26 Å². The van der Waals surface area contributed by atoms with Gasteiger partial charge in [-0.1, -0.05) is 19.8 Å². The smallest absolute Gasteiger partial charge is 0.287 e. The molecule has 2 amide bonds.